The van der Waals surface area contributed by atoms with Crippen molar-refractivity contribution in [2.45, 2.75) is 101 Å². The number of benzene rings is 2. The lowest BCUT2D eigenvalue weighted by Crippen LogP contribution is -2.69. The SMILES string of the molecule is C[C@]12C=CC(=O)C=C1CC[C@H]1[C@@H]3C[C@H]4O[C@@H](c5cccc(Cc6ccc(CO)c(NC(=O)[C@H](CCC(=O)O)NC(=O)CNC(=O)CBr)c6)c5)O[C@@]4(C(=O)COP(=O)(O)O)[C@@]3(C)C[C@H](O)[C@@]12F. The van der Waals surface area contributed by atoms with Gasteiger partial charge in [-0.3, -0.25) is 33.3 Å². The van der Waals surface area contributed by atoms with Gasteiger partial charge in [0.05, 0.1) is 30.7 Å². The number of hydrogen-bond donors (Lipinski definition) is 8. The van der Waals surface area contributed by atoms with Crippen molar-refractivity contribution in [3.8, 4) is 0 Å². The predicted octanol–water partition coefficient (Wildman–Crippen LogP) is 3.38. The van der Waals surface area contributed by atoms with Gasteiger partial charge in [0, 0.05) is 40.0 Å². The van der Waals surface area contributed by atoms with Crippen molar-refractivity contribution in [2.24, 2.45) is 22.7 Å². The standard InChI is InChI=1S/C45H52BrFN3O15P/c1-42-13-12-29(52)17-28(42)8-9-30-31-18-36-45(35(54)23-63-66(60,61)62,43(31,2)19-34(53)44(30,42)47)65-41(64-36)26-5-3-4-24(15-26)14-25-6-7-27(22-51)33(16-25)50-40(59)32(10-11-39(57)58)49-38(56)21-48-37(55)20-46/h3-7,12-13,15-17,30-32,34,36,41,51,53H,8-11,14,18-23H2,1-2H3,(H,48,55)(H,49,56)(H,50,59)(H,57,58)(H2,60,61,62)/t30-,31-,32-,34-,36+,41+,42-,43-,44-,45+/m0/s1. The number of aliphatic hydroxyl groups is 2. The number of alkyl halides is 2. The molecule has 8 N–H and O–H groups in total. The first-order valence-corrected chi connectivity index (χ1v) is 24.1. The van der Waals surface area contributed by atoms with Crippen molar-refractivity contribution >= 4 is 64.7 Å². The minimum Gasteiger partial charge on any atom is -0.481 e. The molecule has 356 valence electrons. The number of ketones is 2. The number of carboxylic acids is 1. The van der Waals surface area contributed by atoms with Gasteiger partial charge >= 0.3 is 13.8 Å². The number of Topliss-reactive ketones (excluding diaryl/α,β-unsaturated/α-hetero) is 1. The lowest BCUT2D eigenvalue weighted by molar-refractivity contribution is -0.231. The maximum Gasteiger partial charge on any atom is 0.470 e. The van der Waals surface area contributed by atoms with Crippen LogP contribution in [0.25, 0.3) is 0 Å². The fourth-order valence-corrected chi connectivity index (χ4v) is 11.6. The molecule has 21 heteroatoms. The number of amides is 3. The highest BCUT2D eigenvalue weighted by atomic mass is 79.9. The molecule has 66 heavy (non-hydrogen) atoms. The normalized spacial score (nSPS) is 31.4. The molecule has 1 aliphatic heterocycles. The monoisotopic (exact) mass is 1000 g/mol. The van der Waals surface area contributed by atoms with E-state index >= 15 is 4.39 Å². The van der Waals surface area contributed by atoms with Crippen molar-refractivity contribution in [3.05, 3.63) is 88.5 Å². The van der Waals surface area contributed by atoms with Crippen LogP contribution in [0.2, 0.25) is 0 Å². The van der Waals surface area contributed by atoms with E-state index in [9.17, 15) is 58.4 Å². The molecule has 3 saturated carbocycles. The third kappa shape index (κ3) is 9.11. The number of nitrogens with one attached hydrogen (secondary N) is 3. The molecule has 1 saturated heterocycles. The highest BCUT2D eigenvalue weighted by Crippen LogP contribution is 2.72. The number of rotatable bonds is 17. The van der Waals surface area contributed by atoms with Crippen LogP contribution in [-0.4, -0.2) is 108 Å². The highest BCUT2D eigenvalue weighted by Gasteiger charge is 2.79. The van der Waals surface area contributed by atoms with Gasteiger partial charge < -0.3 is 50.5 Å². The largest absolute Gasteiger partial charge is 0.481 e. The summed E-state index contributed by atoms with van der Waals surface area (Å²) in [5.74, 6) is -5.72. The number of phosphoric acid groups is 1. The molecule has 3 amide bonds. The summed E-state index contributed by atoms with van der Waals surface area (Å²) in [5, 5.41) is 38.8. The van der Waals surface area contributed by atoms with Gasteiger partial charge in [0.15, 0.2) is 29.1 Å². The Bertz CT molecular complexity index is 2430. The van der Waals surface area contributed by atoms with Crippen LogP contribution < -0.4 is 16.0 Å². The summed E-state index contributed by atoms with van der Waals surface area (Å²) in [6.45, 7) is 1.39. The van der Waals surface area contributed by atoms with E-state index in [-0.39, 0.29) is 48.9 Å². The molecule has 0 unspecified atom stereocenters. The van der Waals surface area contributed by atoms with E-state index in [4.69, 9.17) is 14.0 Å². The molecular formula is C45H52BrFN3O15P. The first-order valence-electron chi connectivity index (χ1n) is 21.4. The minimum atomic E-state index is -5.15. The van der Waals surface area contributed by atoms with Crippen LogP contribution in [0.3, 0.4) is 0 Å². The molecule has 1 heterocycles. The molecule has 7 rings (SSSR count). The van der Waals surface area contributed by atoms with Gasteiger partial charge in [-0.1, -0.05) is 70.9 Å². The van der Waals surface area contributed by atoms with Gasteiger partial charge in [0.1, 0.15) is 12.6 Å². The zero-order chi connectivity index (χ0) is 48.0. The first kappa shape index (κ1) is 49.4. The summed E-state index contributed by atoms with van der Waals surface area (Å²) < 4.78 is 47.8. The van der Waals surface area contributed by atoms with Crippen LogP contribution in [0, 0.1) is 22.7 Å². The van der Waals surface area contributed by atoms with Gasteiger partial charge in [-0.05, 0) is 80.7 Å². The van der Waals surface area contributed by atoms with Gasteiger partial charge in [-0.25, -0.2) is 8.96 Å². The van der Waals surface area contributed by atoms with Crippen molar-refractivity contribution in [2.75, 3.05) is 23.8 Å². The number of allylic oxidation sites excluding steroid dienone is 4. The number of hydrogen-bond acceptors (Lipinski definition) is 12. The second-order valence-corrected chi connectivity index (χ2v) is 19.8. The Hall–Kier alpha value is -4.50. The van der Waals surface area contributed by atoms with Crippen LogP contribution in [0.15, 0.2) is 66.3 Å². The number of carbonyl (C=O) groups excluding carboxylic acids is 5. The van der Waals surface area contributed by atoms with E-state index in [1.54, 1.807) is 56.3 Å². The molecule has 4 aliphatic carbocycles. The molecule has 18 nitrogen and oxygen atoms in total. The summed E-state index contributed by atoms with van der Waals surface area (Å²) >= 11 is 2.97. The van der Waals surface area contributed by atoms with Crippen LogP contribution >= 0.6 is 23.8 Å². The van der Waals surface area contributed by atoms with Crippen LogP contribution in [0.5, 0.6) is 0 Å². The molecule has 0 radical (unpaired) electrons. The number of ether oxygens (including phenoxy) is 2. The third-order valence-electron chi connectivity index (χ3n) is 14.3. The van der Waals surface area contributed by atoms with Crippen LogP contribution in [0.4, 0.5) is 10.1 Å². The highest BCUT2D eigenvalue weighted by molar-refractivity contribution is 9.09. The second kappa shape index (κ2) is 18.9. The summed E-state index contributed by atoms with van der Waals surface area (Å²) in [6, 6.07) is 10.6. The number of anilines is 1. The number of carbonyl (C=O) groups is 6. The number of phosphoric ester groups is 1. The molecule has 4 fully saturated rings. The first-order chi connectivity index (χ1) is 31.1. The maximum atomic E-state index is 17.9. The molecular weight excluding hydrogens is 952 g/mol. The van der Waals surface area contributed by atoms with E-state index in [0.29, 0.717) is 34.2 Å². The minimum absolute atomic E-state index is 0.0588. The Balaban J connectivity index is 1.13. The molecule has 0 aromatic heterocycles. The Morgan fingerprint density at radius 3 is 2.50 bits per heavy atom. The fraction of sp³-hybridized carbons (Fsp3) is 0.511. The second-order valence-electron chi connectivity index (χ2n) is 18.0. The number of aliphatic carboxylic acids is 1. The predicted molar refractivity (Wildman–Crippen MR) is 234 cm³/mol. The number of halogens is 2. The van der Waals surface area contributed by atoms with E-state index in [0.717, 1.165) is 0 Å². The molecule has 0 spiro atoms. The Kier molecular flexibility index (Phi) is 14.1. The topological polar surface area (TPSA) is 284 Å². The van der Waals surface area contributed by atoms with Crippen LogP contribution in [0.1, 0.15) is 80.9 Å². The lowest BCUT2D eigenvalue weighted by atomic mass is 9.44. The Morgan fingerprint density at radius 1 is 1.06 bits per heavy atom. The third-order valence-corrected chi connectivity index (χ3v) is 15.2. The average Bonchev–Trinajstić information content (AvgIpc) is 3.77. The zero-order valence-corrected chi connectivity index (χ0v) is 38.5. The fourth-order valence-electron chi connectivity index (χ4n) is 11.2. The quantitative estimate of drug-likeness (QED) is 0.0833. The van der Waals surface area contributed by atoms with Crippen molar-refractivity contribution in [3.63, 3.8) is 0 Å². The van der Waals surface area contributed by atoms with E-state index < -0.39 is 122 Å². The molecule has 10 atom stereocenters. The van der Waals surface area contributed by atoms with Gasteiger partial charge in [-0.15, -0.1) is 0 Å². The van der Waals surface area contributed by atoms with Gasteiger partial charge in [0.25, 0.3) is 0 Å². The van der Waals surface area contributed by atoms with Crippen molar-refractivity contribution < 1.29 is 76.8 Å². The Labute approximate surface area is 387 Å². The maximum absolute atomic E-state index is 17.9. The van der Waals surface area contributed by atoms with Crippen LogP contribution in [-0.2, 0) is 60.4 Å². The molecule has 2 aromatic carbocycles. The lowest BCUT2D eigenvalue weighted by Gasteiger charge is -2.62. The van der Waals surface area contributed by atoms with Crippen molar-refractivity contribution in [1.82, 2.24) is 10.6 Å². The van der Waals surface area contributed by atoms with E-state index in [1.165, 1.54) is 18.2 Å². The molecule has 0 bridgehead atoms. The summed E-state index contributed by atoms with van der Waals surface area (Å²) in [5.41, 5.74) is -3.92. The van der Waals surface area contributed by atoms with Gasteiger partial charge in [-0.2, -0.15) is 0 Å². The number of fused-ring (bicyclic) bond motifs is 7. The summed E-state index contributed by atoms with van der Waals surface area (Å²) in [7, 11) is -5.15. The summed E-state index contributed by atoms with van der Waals surface area (Å²) in [4.78, 5) is 95.0. The van der Waals surface area contributed by atoms with E-state index in [1.807, 2.05) is 0 Å². The van der Waals surface area contributed by atoms with Crippen molar-refractivity contribution in [1.29, 1.82) is 0 Å². The smallest absolute Gasteiger partial charge is 0.470 e. The number of aliphatic hydroxyl groups excluding tert-OH is 2. The average molecular weight is 1000 g/mol. The summed E-state index contributed by atoms with van der Waals surface area (Å²) in [6.07, 6.45) is 0.298. The number of carboxylic acid groups (broad SMARTS) is 1. The zero-order valence-electron chi connectivity index (χ0n) is 36.0. The Morgan fingerprint density at radius 2 is 1.80 bits per heavy atom. The van der Waals surface area contributed by atoms with E-state index in [2.05, 4.69) is 31.9 Å². The van der Waals surface area contributed by atoms with Gasteiger partial charge in [0.2, 0.25) is 17.7 Å². The molecule has 5 aliphatic rings. The molecule has 2 aromatic rings.